The number of fused-ring (bicyclic) bond motifs is 1. The van der Waals surface area contributed by atoms with Gasteiger partial charge in [-0.15, -0.1) is 12.4 Å². The molecule has 0 unspecified atom stereocenters. The summed E-state index contributed by atoms with van der Waals surface area (Å²) in [6.07, 6.45) is 2.12. The lowest BCUT2D eigenvalue weighted by atomic mass is 10.1. The van der Waals surface area contributed by atoms with Crippen molar-refractivity contribution in [3.8, 4) is 0 Å². The third-order valence-electron chi connectivity index (χ3n) is 3.45. The number of ether oxygens (including phenoxy) is 1. The normalized spacial score (nSPS) is 12.6. The lowest BCUT2D eigenvalue weighted by molar-refractivity contribution is -0.142. The fraction of sp³-hybridized carbons (Fsp3) is 0.533. The van der Waals surface area contributed by atoms with Gasteiger partial charge in [0.25, 0.3) is 0 Å². The average Bonchev–Trinajstić information content (AvgIpc) is 2.88. The zero-order chi connectivity index (χ0) is 13.7. The first kappa shape index (κ1) is 16.8. The van der Waals surface area contributed by atoms with E-state index < -0.39 is 0 Å². The summed E-state index contributed by atoms with van der Waals surface area (Å²) in [6, 6.07) is 6.41. The summed E-state index contributed by atoms with van der Waals surface area (Å²) in [7, 11) is 1.44. The van der Waals surface area contributed by atoms with Crippen LogP contribution in [0.3, 0.4) is 0 Å². The largest absolute Gasteiger partial charge is 0.468 e. The molecule has 4 nitrogen and oxygen atoms in total. The SMILES string of the molecule is CCCN(CC(=O)OC)Cc1cccc2c1NCC2.Cl. The van der Waals surface area contributed by atoms with Crippen molar-refractivity contribution >= 4 is 24.1 Å². The summed E-state index contributed by atoms with van der Waals surface area (Å²) in [5.41, 5.74) is 3.91. The Morgan fingerprint density at radius 3 is 2.95 bits per heavy atom. The maximum atomic E-state index is 11.4. The fourth-order valence-corrected chi connectivity index (χ4v) is 2.56. The molecular weight excluding hydrogens is 276 g/mol. The first-order valence-corrected chi connectivity index (χ1v) is 6.88. The van der Waals surface area contributed by atoms with E-state index in [2.05, 4.69) is 35.3 Å². The number of nitrogens with one attached hydrogen (secondary N) is 1. The monoisotopic (exact) mass is 298 g/mol. The number of halogens is 1. The van der Waals surface area contributed by atoms with Crippen molar-refractivity contribution in [2.75, 3.05) is 32.1 Å². The number of nitrogens with zero attached hydrogens (tertiary/aromatic N) is 1. The van der Waals surface area contributed by atoms with Crippen LogP contribution in [0.4, 0.5) is 5.69 Å². The van der Waals surface area contributed by atoms with Gasteiger partial charge in [0, 0.05) is 18.8 Å². The molecule has 0 fully saturated rings. The van der Waals surface area contributed by atoms with Crippen LogP contribution in [0.1, 0.15) is 24.5 Å². The summed E-state index contributed by atoms with van der Waals surface area (Å²) < 4.78 is 4.76. The second-order valence-corrected chi connectivity index (χ2v) is 4.91. The van der Waals surface area contributed by atoms with Crippen molar-refractivity contribution in [1.29, 1.82) is 0 Å². The van der Waals surface area contributed by atoms with Crippen LogP contribution in [0.15, 0.2) is 18.2 Å². The Labute approximate surface area is 126 Å². The number of benzene rings is 1. The van der Waals surface area contributed by atoms with Gasteiger partial charge in [-0.1, -0.05) is 25.1 Å². The predicted octanol–water partition coefficient (Wildman–Crippen LogP) is 2.46. The number of methoxy groups -OCH3 is 1. The van der Waals surface area contributed by atoms with Gasteiger partial charge in [0.1, 0.15) is 0 Å². The second-order valence-electron chi connectivity index (χ2n) is 4.91. The van der Waals surface area contributed by atoms with Gasteiger partial charge in [-0.2, -0.15) is 0 Å². The summed E-state index contributed by atoms with van der Waals surface area (Å²) in [6.45, 7) is 5.18. The Morgan fingerprint density at radius 1 is 1.45 bits per heavy atom. The molecule has 2 rings (SSSR count). The Balaban J connectivity index is 0.00000200. The second kappa shape index (κ2) is 8.12. The van der Waals surface area contributed by atoms with Gasteiger partial charge >= 0.3 is 5.97 Å². The highest BCUT2D eigenvalue weighted by molar-refractivity contribution is 5.85. The van der Waals surface area contributed by atoms with Crippen LogP contribution >= 0.6 is 12.4 Å². The minimum atomic E-state index is -0.172. The van der Waals surface area contributed by atoms with Crippen molar-refractivity contribution in [1.82, 2.24) is 4.90 Å². The smallest absolute Gasteiger partial charge is 0.319 e. The Kier molecular flexibility index (Phi) is 6.82. The van der Waals surface area contributed by atoms with Crippen molar-refractivity contribution in [2.24, 2.45) is 0 Å². The quantitative estimate of drug-likeness (QED) is 0.819. The van der Waals surface area contributed by atoms with Gasteiger partial charge in [-0.05, 0) is 30.5 Å². The molecule has 0 amide bonds. The molecule has 0 saturated carbocycles. The van der Waals surface area contributed by atoms with Crippen molar-refractivity contribution in [2.45, 2.75) is 26.3 Å². The lowest BCUT2D eigenvalue weighted by Gasteiger charge is -2.21. The number of esters is 1. The molecule has 1 aliphatic rings. The Bertz CT molecular complexity index is 451. The Morgan fingerprint density at radius 2 is 2.25 bits per heavy atom. The van der Waals surface area contributed by atoms with Crippen LogP contribution in [0.2, 0.25) is 0 Å². The zero-order valence-electron chi connectivity index (χ0n) is 12.1. The van der Waals surface area contributed by atoms with E-state index in [4.69, 9.17) is 4.74 Å². The van der Waals surface area contributed by atoms with Crippen LogP contribution in [0.5, 0.6) is 0 Å². The summed E-state index contributed by atoms with van der Waals surface area (Å²) >= 11 is 0. The summed E-state index contributed by atoms with van der Waals surface area (Å²) in [5, 5.41) is 3.44. The molecule has 0 atom stereocenters. The highest BCUT2D eigenvalue weighted by Gasteiger charge is 2.17. The molecule has 20 heavy (non-hydrogen) atoms. The number of para-hydroxylation sites is 1. The van der Waals surface area contributed by atoms with Crippen LogP contribution in [-0.2, 0) is 22.5 Å². The highest BCUT2D eigenvalue weighted by atomic mass is 35.5. The Hall–Kier alpha value is -1.26. The summed E-state index contributed by atoms with van der Waals surface area (Å²) in [5.74, 6) is -0.172. The van der Waals surface area contributed by atoms with E-state index in [-0.39, 0.29) is 18.4 Å². The molecule has 0 aliphatic carbocycles. The molecule has 1 aromatic carbocycles. The van der Waals surface area contributed by atoms with Gasteiger partial charge in [-0.3, -0.25) is 9.69 Å². The number of rotatable bonds is 6. The molecule has 0 spiro atoms. The molecule has 0 bridgehead atoms. The van der Waals surface area contributed by atoms with E-state index in [1.807, 2.05) is 0 Å². The maximum Gasteiger partial charge on any atom is 0.319 e. The van der Waals surface area contributed by atoms with Crippen LogP contribution in [0, 0.1) is 0 Å². The molecule has 0 saturated heterocycles. The van der Waals surface area contributed by atoms with E-state index in [9.17, 15) is 4.79 Å². The van der Waals surface area contributed by atoms with Gasteiger partial charge in [0.05, 0.1) is 13.7 Å². The minimum Gasteiger partial charge on any atom is -0.468 e. The van der Waals surface area contributed by atoms with Gasteiger partial charge in [0.2, 0.25) is 0 Å². The molecule has 0 radical (unpaired) electrons. The minimum absolute atomic E-state index is 0. The van der Waals surface area contributed by atoms with Gasteiger partial charge in [0.15, 0.2) is 0 Å². The number of hydrogen-bond donors (Lipinski definition) is 1. The lowest BCUT2D eigenvalue weighted by Crippen LogP contribution is -2.31. The molecule has 1 heterocycles. The third-order valence-corrected chi connectivity index (χ3v) is 3.45. The zero-order valence-corrected chi connectivity index (χ0v) is 13.0. The first-order valence-electron chi connectivity index (χ1n) is 6.88. The van der Waals surface area contributed by atoms with Crippen molar-refractivity contribution in [3.05, 3.63) is 29.3 Å². The average molecular weight is 299 g/mol. The molecule has 5 heteroatoms. The van der Waals surface area contributed by atoms with Crippen molar-refractivity contribution in [3.63, 3.8) is 0 Å². The van der Waals surface area contributed by atoms with E-state index >= 15 is 0 Å². The number of hydrogen-bond acceptors (Lipinski definition) is 4. The van der Waals surface area contributed by atoms with Gasteiger partial charge in [-0.25, -0.2) is 0 Å². The fourth-order valence-electron chi connectivity index (χ4n) is 2.56. The number of anilines is 1. The summed E-state index contributed by atoms with van der Waals surface area (Å²) in [4.78, 5) is 13.6. The number of carbonyl (C=O) groups excluding carboxylic acids is 1. The molecule has 112 valence electrons. The predicted molar refractivity (Wildman–Crippen MR) is 83.5 cm³/mol. The first-order chi connectivity index (χ1) is 9.24. The molecule has 0 aromatic heterocycles. The third kappa shape index (κ3) is 4.12. The highest BCUT2D eigenvalue weighted by Crippen LogP contribution is 2.27. The van der Waals surface area contributed by atoms with Crippen LogP contribution in [0.25, 0.3) is 0 Å². The molecular formula is C15H23ClN2O2. The molecule has 1 aromatic rings. The molecule has 1 N–H and O–H groups in total. The molecule has 1 aliphatic heterocycles. The standard InChI is InChI=1S/C15H22N2O2.ClH/c1-3-9-17(11-14(18)19-2)10-13-6-4-5-12-7-8-16-15(12)13;/h4-6,16H,3,7-11H2,1-2H3;1H. The van der Waals surface area contributed by atoms with Crippen molar-refractivity contribution < 1.29 is 9.53 Å². The number of carbonyl (C=O) groups is 1. The topological polar surface area (TPSA) is 41.6 Å². The van der Waals surface area contributed by atoms with E-state index in [0.717, 1.165) is 32.5 Å². The van der Waals surface area contributed by atoms with E-state index in [1.54, 1.807) is 0 Å². The van der Waals surface area contributed by atoms with E-state index in [1.165, 1.54) is 23.9 Å². The van der Waals surface area contributed by atoms with Crippen LogP contribution < -0.4 is 5.32 Å². The van der Waals surface area contributed by atoms with Gasteiger partial charge < -0.3 is 10.1 Å². The maximum absolute atomic E-state index is 11.4. The van der Waals surface area contributed by atoms with E-state index in [0.29, 0.717) is 6.54 Å². The van der Waals surface area contributed by atoms with Crippen LogP contribution in [-0.4, -0.2) is 37.6 Å².